The maximum absolute atomic E-state index is 13.3. The number of hydrogen-bond donors (Lipinski definition) is 2. The molecular formula is C24H20FN3O4S. The van der Waals surface area contributed by atoms with Gasteiger partial charge in [-0.3, -0.25) is 9.59 Å². The Labute approximate surface area is 189 Å². The number of sulfone groups is 1. The summed E-state index contributed by atoms with van der Waals surface area (Å²) in [7, 11) is -3.93. The van der Waals surface area contributed by atoms with Gasteiger partial charge in [0, 0.05) is 35.4 Å². The SMILES string of the molecule is CC(=O)Nc1cccc(NC(=O)Cn2cc(S(=O)(=O)c3ccc(F)cc3)c3ccccc32)c1. The molecule has 0 aliphatic carbocycles. The van der Waals surface area contributed by atoms with Crippen molar-refractivity contribution in [2.75, 3.05) is 10.6 Å². The fourth-order valence-corrected chi connectivity index (χ4v) is 5.01. The molecule has 0 fully saturated rings. The van der Waals surface area contributed by atoms with Crippen molar-refractivity contribution in [2.24, 2.45) is 0 Å². The van der Waals surface area contributed by atoms with E-state index in [2.05, 4.69) is 10.6 Å². The summed E-state index contributed by atoms with van der Waals surface area (Å²) in [6.45, 7) is 1.25. The predicted molar refractivity (Wildman–Crippen MR) is 123 cm³/mol. The van der Waals surface area contributed by atoms with Gasteiger partial charge in [-0.15, -0.1) is 0 Å². The number of anilines is 2. The molecular weight excluding hydrogens is 445 g/mol. The van der Waals surface area contributed by atoms with Crippen molar-refractivity contribution in [3.05, 3.63) is 84.8 Å². The molecule has 0 unspecified atom stereocenters. The van der Waals surface area contributed by atoms with E-state index in [1.54, 1.807) is 53.1 Å². The van der Waals surface area contributed by atoms with Crippen LogP contribution in [0.1, 0.15) is 6.92 Å². The molecule has 0 aliphatic heterocycles. The highest BCUT2D eigenvalue weighted by Gasteiger charge is 2.24. The van der Waals surface area contributed by atoms with E-state index in [-0.39, 0.29) is 28.2 Å². The number of nitrogens with zero attached hydrogens (tertiary/aromatic N) is 1. The molecule has 2 amide bonds. The molecule has 0 bridgehead atoms. The van der Waals surface area contributed by atoms with Crippen LogP contribution in [0.3, 0.4) is 0 Å². The highest BCUT2D eigenvalue weighted by Crippen LogP contribution is 2.30. The Morgan fingerprint density at radius 1 is 0.909 bits per heavy atom. The molecule has 7 nitrogen and oxygen atoms in total. The van der Waals surface area contributed by atoms with E-state index in [9.17, 15) is 22.4 Å². The van der Waals surface area contributed by atoms with Gasteiger partial charge in [0.1, 0.15) is 12.4 Å². The van der Waals surface area contributed by atoms with Gasteiger partial charge in [0.25, 0.3) is 0 Å². The Morgan fingerprint density at radius 3 is 2.27 bits per heavy atom. The maximum Gasteiger partial charge on any atom is 0.244 e. The summed E-state index contributed by atoms with van der Waals surface area (Å²) in [5, 5.41) is 5.86. The third-order valence-electron chi connectivity index (χ3n) is 4.95. The first-order valence-electron chi connectivity index (χ1n) is 10.00. The molecule has 0 spiro atoms. The van der Waals surface area contributed by atoms with E-state index in [4.69, 9.17) is 0 Å². The van der Waals surface area contributed by atoms with Crippen LogP contribution in [0, 0.1) is 5.82 Å². The number of carbonyl (C=O) groups is 2. The van der Waals surface area contributed by atoms with E-state index in [1.807, 2.05) is 0 Å². The van der Waals surface area contributed by atoms with E-state index < -0.39 is 15.7 Å². The number of nitrogens with one attached hydrogen (secondary N) is 2. The monoisotopic (exact) mass is 465 g/mol. The van der Waals surface area contributed by atoms with Crippen LogP contribution in [0.25, 0.3) is 10.9 Å². The molecule has 4 aromatic rings. The van der Waals surface area contributed by atoms with Gasteiger partial charge in [0.15, 0.2) is 0 Å². The molecule has 0 atom stereocenters. The van der Waals surface area contributed by atoms with Crippen LogP contribution in [0.4, 0.5) is 15.8 Å². The van der Waals surface area contributed by atoms with E-state index in [0.717, 1.165) is 12.1 Å². The summed E-state index contributed by atoms with van der Waals surface area (Å²) in [5.41, 5.74) is 1.60. The normalized spacial score (nSPS) is 11.3. The van der Waals surface area contributed by atoms with Gasteiger partial charge < -0.3 is 15.2 Å². The fraction of sp³-hybridized carbons (Fsp3) is 0.0833. The number of benzene rings is 3. The maximum atomic E-state index is 13.3. The van der Waals surface area contributed by atoms with Gasteiger partial charge in [0.2, 0.25) is 21.7 Å². The number of halogens is 1. The van der Waals surface area contributed by atoms with E-state index >= 15 is 0 Å². The van der Waals surface area contributed by atoms with Gasteiger partial charge in [-0.2, -0.15) is 0 Å². The molecule has 0 saturated heterocycles. The average Bonchev–Trinajstić information content (AvgIpc) is 3.13. The fourth-order valence-electron chi connectivity index (χ4n) is 3.53. The van der Waals surface area contributed by atoms with Gasteiger partial charge in [-0.25, -0.2) is 12.8 Å². The molecule has 168 valence electrons. The zero-order valence-corrected chi connectivity index (χ0v) is 18.4. The molecule has 0 radical (unpaired) electrons. The Balaban J connectivity index is 1.64. The molecule has 3 aromatic carbocycles. The minimum absolute atomic E-state index is 0.0326. The van der Waals surface area contributed by atoms with Crippen LogP contribution in [0.2, 0.25) is 0 Å². The van der Waals surface area contributed by atoms with Crippen LogP contribution < -0.4 is 10.6 Å². The number of para-hydroxylation sites is 1. The minimum Gasteiger partial charge on any atom is -0.337 e. The number of carbonyl (C=O) groups excluding carboxylic acids is 2. The summed E-state index contributed by atoms with van der Waals surface area (Å²) < 4.78 is 41.2. The lowest BCUT2D eigenvalue weighted by molar-refractivity contribution is -0.116. The number of hydrogen-bond acceptors (Lipinski definition) is 4. The molecule has 1 aromatic heterocycles. The third-order valence-corrected chi connectivity index (χ3v) is 6.74. The first kappa shape index (κ1) is 22.2. The Hall–Kier alpha value is -3.98. The topological polar surface area (TPSA) is 97.3 Å². The largest absolute Gasteiger partial charge is 0.337 e. The second-order valence-corrected chi connectivity index (χ2v) is 9.32. The Kier molecular flexibility index (Phi) is 5.97. The van der Waals surface area contributed by atoms with Crippen LogP contribution in [0.15, 0.2) is 88.8 Å². The number of amides is 2. The molecule has 33 heavy (non-hydrogen) atoms. The highest BCUT2D eigenvalue weighted by molar-refractivity contribution is 7.91. The van der Waals surface area contributed by atoms with Crippen LogP contribution in [-0.4, -0.2) is 24.8 Å². The Bertz CT molecular complexity index is 1460. The number of fused-ring (bicyclic) bond motifs is 1. The van der Waals surface area contributed by atoms with Crippen molar-refractivity contribution < 1.29 is 22.4 Å². The second kappa shape index (κ2) is 8.87. The lowest BCUT2D eigenvalue weighted by Gasteiger charge is -2.09. The molecule has 1 heterocycles. The van der Waals surface area contributed by atoms with Crippen molar-refractivity contribution in [3.63, 3.8) is 0 Å². The van der Waals surface area contributed by atoms with E-state index in [0.29, 0.717) is 22.3 Å². The van der Waals surface area contributed by atoms with E-state index in [1.165, 1.54) is 25.3 Å². The van der Waals surface area contributed by atoms with Gasteiger partial charge >= 0.3 is 0 Å². The summed E-state index contributed by atoms with van der Waals surface area (Å²) in [6, 6.07) is 18.2. The summed E-state index contributed by atoms with van der Waals surface area (Å²) in [5.74, 6) is -1.13. The number of rotatable bonds is 6. The standard InChI is InChI=1S/C24H20FN3O4S/c1-16(29)26-18-5-4-6-19(13-18)27-24(30)15-28-14-23(21-7-2-3-8-22(21)28)33(31,32)20-11-9-17(25)10-12-20/h2-14H,15H2,1H3,(H,26,29)(H,27,30). The summed E-state index contributed by atoms with van der Waals surface area (Å²) in [4.78, 5) is 24.0. The van der Waals surface area contributed by atoms with Crippen molar-refractivity contribution >= 4 is 43.9 Å². The molecule has 4 rings (SSSR count). The van der Waals surface area contributed by atoms with Crippen LogP contribution in [-0.2, 0) is 26.0 Å². The molecule has 0 saturated carbocycles. The Morgan fingerprint density at radius 2 is 1.58 bits per heavy atom. The summed E-state index contributed by atoms with van der Waals surface area (Å²) >= 11 is 0. The third kappa shape index (κ3) is 4.78. The van der Waals surface area contributed by atoms with Crippen molar-refractivity contribution in [2.45, 2.75) is 23.3 Å². The molecule has 0 aliphatic rings. The lowest BCUT2D eigenvalue weighted by atomic mass is 10.2. The van der Waals surface area contributed by atoms with Gasteiger partial charge in [-0.05, 0) is 48.5 Å². The second-order valence-electron chi connectivity index (χ2n) is 7.41. The van der Waals surface area contributed by atoms with Crippen LogP contribution in [0.5, 0.6) is 0 Å². The first-order chi connectivity index (χ1) is 15.7. The summed E-state index contributed by atoms with van der Waals surface area (Å²) in [6.07, 6.45) is 1.41. The van der Waals surface area contributed by atoms with Crippen molar-refractivity contribution in [1.29, 1.82) is 0 Å². The quantitative estimate of drug-likeness (QED) is 0.417. The average molecular weight is 466 g/mol. The van der Waals surface area contributed by atoms with Gasteiger partial charge in [0.05, 0.1) is 9.79 Å². The predicted octanol–water partition coefficient (Wildman–Crippen LogP) is 4.21. The zero-order valence-electron chi connectivity index (χ0n) is 17.6. The lowest BCUT2D eigenvalue weighted by Crippen LogP contribution is -2.18. The molecule has 9 heteroatoms. The molecule has 2 N–H and O–H groups in total. The van der Waals surface area contributed by atoms with Crippen molar-refractivity contribution in [3.8, 4) is 0 Å². The first-order valence-corrected chi connectivity index (χ1v) is 11.5. The zero-order chi connectivity index (χ0) is 23.6. The number of aromatic nitrogens is 1. The smallest absolute Gasteiger partial charge is 0.244 e. The van der Waals surface area contributed by atoms with Crippen molar-refractivity contribution in [1.82, 2.24) is 4.57 Å². The van der Waals surface area contributed by atoms with Gasteiger partial charge in [-0.1, -0.05) is 24.3 Å². The highest BCUT2D eigenvalue weighted by atomic mass is 32.2. The van der Waals surface area contributed by atoms with Crippen LogP contribution >= 0.6 is 0 Å². The minimum atomic E-state index is -3.93.